The third-order valence-corrected chi connectivity index (χ3v) is 5.38. The van der Waals surface area contributed by atoms with E-state index in [1.54, 1.807) is 17.8 Å². The fraction of sp³-hybridized carbons (Fsp3) is 0.364. The van der Waals surface area contributed by atoms with Crippen LogP contribution in [0.15, 0.2) is 49.5 Å². The van der Waals surface area contributed by atoms with Crippen molar-refractivity contribution in [3.63, 3.8) is 0 Å². The molecule has 0 aliphatic rings. The first kappa shape index (κ1) is 22.7. The number of hydrogen-bond donors (Lipinski definition) is 2. The van der Waals surface area contributed by atoms with Crippen LogP contribution in [0.25, 0.3) is 17.2 Å². The lowest BCUT2D eigenvalue weighted by molar-refractivity contribution is 0.577. The number of hydrogen-bond acceptors (Lipinski definition) is 5. The summed E-state index contributed by atoms with van der Waals surface area (Å²) in [6, 6.07) is 9.88. The summed E-state index contributed by atoms with van der Waals surface area (Å²) >= 11 is 3.48. The minimum absolute atomic E-state index is 0.332. The lowest BCUT2D eigenvalue weighted by Crippen LogP contribution is -2.29. The van der Waals surface area contributed by atoms with Crippen LogP contribution in [-0.2, 0) is 13.6 Å². The molecule has 2 N–H and O–H groups in total. The van der Waals surface area contributed by atoms with Crippen molar-refractivity contribution in [2.75, 3.05) is 5.43 Å². The van der Waals surface area contributed by atoms with Crippen LogP contribution in [-0.4, -0.2) is 25.3 Å². The van der Waals surface area contributed by atoms with Gasteiger partial charge in [0.1, 0.15) is 0 Å². The molecule has 31 heavy (non-hydrogen) atoms. The number of aryl methyl sites for hydroxylation is 2. The number of anilines is 1. The Morgan fingerprint density at radius 2 is 1.94 bits per heavy atom. The largest absolute Gasteiger partial charge is 0.329 e. The SMILES string of the molecule is CCCCCCCn1c(N/N=C/C(Br)=C\c2ccccc2)nc2c1c(=O)[nH]c(=O)n2C. The van der Waals surface area contributed by atoms with Gasteiger partial charge in [0, 0.05) is 18.1 Å². The molecule has 164 valence electrons. The van der Waals surface area contributed by atoms with Crippen LogP contribution in [0, 0.1) is 0 Å². The van der Waals surface area contributed by atoms with Gasteiger partial charge in [0.15, 0.2) is 11.2 Å². The highest BCUT2D eigenvalue weighted by Gasteiger charge is 2.16. The quantitative estimate of drug-likeness (QED) is 0.254. The molecule has 0 bridgehead atoms. The van der Waals surface area contributed by atoms with Crippen LogP contribution in [0.5, 0.6) is 0 Å². The fourth-order valence-corrected chi connectivity index (χ4v) is 3.68. The minimum atomic E-state index is -0.492. The number of nitrogens with one attached hydrogen (secondary N) is 2. The van der Waals surface area contributed by atoms with E-state index in [9.17, 15) is 9.59 Å². The zero-order valence-corrected chi connectivity index (χ0v) is 19.4. The molecule has 2 heterocycles. The number of rotatable bonds is 10. The molecule has 3 aromatic rings. The Kier molecular flexibility index (Phi) is 8.00. The van der Waals surface area contributed by atoms with Crippen molar-refractivity contribution in [1.29, 1.82) is 0 Å². The van der Waals surface area contributed by atoms with Gasteiger partial charge in [0.25, 0.3) is 5.56 Å². The highest BCUT2D eigenvalue weighted by atomic mass is 79.9. The molecule has 0 radical (unpaired) electrons. The average Bonchev–Trinajstić information content (AvgIpc) is 3.12. The molecular weight excluding hydrogens is 460 g/mol. The van der Waals surface area contributed by atoms with Crippen molar-refractivity contribution in [2.24, 2.45) is 12.1 Å². The zero-order chi connectivity index (χ0) is 22.2. The van der Waals surface area contributed by atoms with Crippen LogP contribution < -0.4 is 16.7 Å². The number of halogens is 1. The van der Waals surface area contributed by atoms with Crippen LogP contribution in [0.4, 0.5) is 5.95 Å². The van der Waals surface area contributed by atoms with Gasteiger partial charge in [0.2, 0.25) is 5.95 Å². The Hall–Kier alpha value is -2.94. The molecule has 0 fully saturated rings. The molecule has 1 aromatic carbocycles. The average molecular weight is 487 g/mol. The first-order valence-corrected chi connectivity index (χ1v) is 11.2. The van der Waals surface area contributed by atoms with Crippen molar-refractivity contribution >= 4 is 45.3 Å². The molecule has 0 unspecified atom stereocenters. The number of benzene rings is 1. The molecule has 0 aliphatic carbocycles. The maximum atomic E-state index is 12.5. The Morgan fingerprint density at radius 1 is 1.19 bits per heavy atom. The van der Waals surface area contributed by atoms with Crippen LogP contribution in [0.3, 0.4) is 0 Å². The molecular formula is C22H27BrN6O2. The monoisotopic (exact) mass is 486 g/mol. The predicted molar refractivity (Wildman–Crippen MR) is 130 cm³/mol. The number of fused-ring (bicyclic) bond motifs is 1. The maximum Gasteiger partial charge on any atom is 0.329 e. The Labute approximate surface area is 188 Å². The minimum Gasteiger partial charge on any atom is -0.303 e. The summed E-state index contributed by atoms with van der Waals surface area (Å²) in [6.07, 6.45) is 9.04. The van der Waals surface area contributed by atoms with E-state index in [1.165, 1.54) is 17.4 Å². The summed E-state index contributed by atoms with van der Waals surface area (Å²) in [6.45, 7) is 2.79. The first-order valence-electron chi connectivity index (χ1n) is 10.4. The Morgan fingerprint density at radius 3 is 2.68 bits per heavy atom. The number of aromatic nitrogens is 4. The van der Waals surface area contributed by atoms with Crippen molar-refractivity contribution in [1.82, 2.24) is 19.1 Å². The molecule has 8 nitrogen and oxygen atoms in total. The molecule has 0 saturated carbocycles. The molecule has 9 heteroatoms. The summed E-state index contributed by atoms with van der Waals surface area (Å²) in [4.78, 5) is 31.3. The van der Waals surface area contributed by atoms with E-state index < -0.39 is 11.2 Å². The summed E-state index contributed by atoms with van der Waals surface area (Å²) in [5.74, 6) is 0.424. The summed E-state index contributed by atoms with van der Waals surface area (Å²) in [5, 5.41) is 4.26. The van der Waals surface area contributed by atoms with Crippen molar-refractivity contribution in [3.8, 4) is 0 Å². The lowest BCUT2D eigenvalue weighted by atomic mass is 10.1. The van der Waals surface area contributed by atoms with E-state index in [2.05, 4.69) is 43.3 Å². The molecule has 0 saturated heterocycles. The van der Waals surface area contributed by atoms with Gasteiger partial charge in [-0.2, -0.15) is 10.1 Å². The van der Waals surface area contributed by atoms with Crippen molar-refractivity contribution in [3.05, 3.63) is 61.2 Å². The van der Waals surface area contributed by atoms with Gasteiger partial charge in [-0.15, -0.1) is 0 Å². The van der Waals surface area contributed by atoms with E-state index in [0.717, 1.165) is 29.3 Å². The van der Waals surface area contributed by atoms with Crippen LogP contribution >= 0.6 is 15.9 Å². The van der Waals surface area contributed by atoms with Gasteiger partial charge in [-0.25, -0.2) is 10.2 Å². The normalized spacial score (nSPS) is 12.2. The maximum absolute atomic E-state index is 12.5. The van der Waals surface area contributed by atoms with E-state index in [-0.39, 0.29) is 0 Å². The number of imidazole rings is 1. The number of H-pyrrole nitrogens is 1. The van der Waals surface area contributed by atoms with Crippen molar-refractivity contribution in [2.45, 2.75) is 45.6 Å². The van der Waals surface area contributed by atoms with E-state index >= 15 is 0 Å². The van der Waals surface area contributed by atoms with Gasteiger partial charge in [-0.1, -0.05) is 62.9 Å². The first-order chi connectivity index (χ1) is 15.0. The summed E-state index contributed by atoms with van der Waals surface area (Å²) < 4.78 is 3.91. The number of aromatic amines is 1. The Balaban J connectivity index is 1.85. The fourth-order valence-electron chi connectivity index (χ4n) is 3.31. The third-order valence-electron chi connectivity index (χ3n) is 4.95. The lowest BCUT2D eigenvalue weighted by Gasteiger charge is -2.08. The topological polar surface area (TPSA) is 97.1 Å². The molecule has 0 aliphatic heterocycles. The van der Waals surface area contributed by atoms with Crippen LogP contribution in [0.2, 0.25) is 0 Å². The van der Waals surface area contributed by atoms with E-state index in [4.69, 9.17) is 0 Å². The van der Waals surface area contributed by atoms with Crippen molar-refractivity contribution < 1.29 is 0 Å². The molecule has 3 rings (SSSR count). The predicted octanol–water partition coefficient (Wildman–Crippen LogP) is 4.23. The van der Waals surface area contributed by atoms with Gasteiger partial charge < -0.3 is 4.57 Å². The second-order valence-corrected chi connectivity index (χ2v) is 8.22. The second kappa shape index (κ2) is 10.9. The second-order valence-electron chi connectivity index (χ2n) is 7.30. The molecule has 0 spiro atoms. The van der Waals surface area contributed by atoms with Gasteiger partial charge in [-0.05, 0) is 34.0 Å². The third kappa shape index (κ3) is 5.81. The van der Waals surface area contributed by atoms with E-state index in [1.807, 2.05) is 36.4 Å². The highest BCUT2D eigenvalue weighted by molar-refractivity contribution is 9.12. The standard InChI is InChI=1S/C22H27BrN6O2/c1-3-4-5-6-10-13-29-18-19(28(2)22(31)26-20(18)30)25-21(29)27-24-15-17(23)14-16-11-8-7-9-12-16/h7-9,11-12,14-15H,3-6,10,13H2,1-2H3,(H,25,27)(H,26,30,31)/b17-14+,24-15+. The smallest absolute Gasteiger partial charge is 0.303 e. The highest BCUT2D eigenvalue weighted by Crippen LogP contribution is 2.17. The van der Waals surface area contributed by atoms with Gasteiger partial charge >= 0.3 is 5.69 Å². The van der Waals surface area contributed by atoms with Gasteiger partial charge in [0.05, 0.1) is 6.21 Å². The Bertz CT molecular complexity index is 1190. The number of unbranched alkanes of at least 4 members (excludes halogenated alkanes) is 4. The zero-order valence-electron chi connectivity index (χ0n) is 17.8. The van der Waals surface area contributed by atoms with E-state index in [0.29, 0.717) is 23.7 Å². The van der Waals surface area contributed by atoms with Crippen LogP contribution in [0.1, 0.15) is 44.6 Å². The van der Waals surface area contributed by atoms with Gasteiger partial charge in [-0.3, -0.25) is 14.3 Å². The number of nitrogens with zero attached hydrogens (tertiary/aromatic N) is 4. The summed E-state index contributed by atoms with van der Waals surface area (Å²) in [5.41, 5.74) is 3.74. The number of allylic oxidation sites excluding steroid dienone is 1. The molecule has 0 atom stereocenters. The summed E-state index contributed by atoms with van der Waals surface area (Å²) in [7, 11) is 1.59. The number of hydrazone groups is 1. The molecule has 2 aromatic heterocycles. The molecule has 0 amide bonds.